The van der Waals surface area contributed by atoms with Gasteiger partial charge >= 0.3 is 0 Å². The fourth-order valence-electron chi connectivity index (χ4n) is 1.72. The minimum Gasteiger partial charge on any atom is -0.507 e. The molecule has 2 aromatic rings. The second-order valence-electron chi connectivity index (χ2n) is 4.15. The second kappa shape index (κ2) is 5.44. The Kier molecular flexibility index (Phi) is 3.71. The normalized spacial score (nSPS) is 10.0. The number of nitrogens with one attached hydrogen (secondary N) is 1. The smallest absolute Gasteiger partial charge is 0.259 e. The Morgan fingerprint density at radius 2 is 1.95 bits per heavy atom. The number of methoxy groups -OCH3 is 1. The van der Waals surface area contributed by atoms with E-state index >= 15 is 0 Å². The maximum absolute atomic E-state index is 12.1. The molecule has 4 nitrogen and oxygen atoms in total. The fraction of sp³-hybridized carbons (Fsp3) is 0.133. The third-order valence-corrected chi connectivity index (χ3v) is 2.84. The third kappa shape index (κ3) is 2.85. The monoisotopic (exact) mass is 257 g/mol. The molecule has 98 valence electrons. The molecular weight excluding hydrogens is 242 g/mol. The molecule has 2 aromatic carbocycles. The van der Waals surface area contributed by atoms with Crippen molar-refractivity contribution in [2.24, 2.45) is 0 Å². The minimum atomic E-state index is -0.352. The summed E-state index contributed by atoms with van der Waals surface area (Å²) in [4.78, 5) is 12.1. The van der Waals surface area contributed by atoms with Gasteiger partial charge in [0.2, 0.25) is 0 Å². The molecular formula is C15H15NO3. The zero-order chi connectivity index (χ0) is 13.8. The van der Waals surface area contributed by atoms with E-state index in [1.807, 2.05) is 19.1 Å². The van der Waals surface area contributed by atoms with Crippen LogP contribution in [0.25, 0.3) is 0 Å². The van der Waals surface area contributed by atoms with Gasteiger partial charge in [0, 0.05) is 11.8 Å². The van der Waals surface area contributed by atoms with Crippen molar-refractivity contribution in [3.05, 3.63) is 53.6 Å². The number of phenolic OH excluding ortho intramolecular Hbond substituents is 1. The van der Waals surface area contributed by atoms with Crippen molar-refractivity contribution in [3.8, 4) is 11.5 Å². The van der Waals surface area contributed by atoms with E-state index in [1.165, 1.54) is 6.07 Å². The van der Waals surface area contributed by atoms with Crippen LogP contribution < -0.4 is 10.1 Å². The number of rotatable bonds is 3. The highest BCUT2D eigenvalue weighted by Crippen LogP contribution is 2.23. The van der Waals surface area contributed by atoms with Crippen LogP contribution in [0.5, 0.6) is 11.5 Å². The van der Waals surface area contributed by atoms with Gasteiger partial charge in [-0.2, -0.15) is 0 Å². The number of hydrogen-bond acceptors (Lipinski definition) is 3. The van der Waals surface area contributed by atoms with E-state index in [0.29, 0.717) is 11.4 Å². The molecule has 0 saturated heterocycles. The Bertz CT molecular complexity index is 608. The van der Waals surface area contributed by atoms with Crippen LogP contribution in [0, 0.1) is 6.92 Å². The summed E-state index contributed by atoms with van der Waals surface area (Å²) in [5.74, 6) is 0.271. The van der Waals surface area contributed by atoms with Gasteiger partial charge in [-0.3, -0.25) is 4.79 Å². The zero-order valence-corrected chi connectivity index (χ0v) is 10.8. The number of aromatic hydroxyl groups is 1. The van der Waals surface area contributed by atoms with Gasteiger partial charge in [-0.05, 0) is 30.7 Å². The lowest BCUT2D eigenvalue weighted by atomic mass is 10.1. The van der Waals surface area contributed by atoms with Crippen LogP contribution in [0.4, 0.5) is 5.69 Å². The molecule has 0 aromatic heterocycles. The lowest BCUT2D eigenvalue weighted by molar-refractivity contribution is 0.102. The van der Waals surface area contributed by atoms with E-state index < -0.39 is 0 Å². The van der Waals surface area contributed by atoms with Crippen LogP contribution in [-0.2, 0) is 0 Å². The molecule has 0 aliphatic rings. The van der Waals surface area contributed by atoms with Gasteiger partial charge in [0.05, 0.1) is 12.7 Å². The molecule has 0 heterocycles. The molecule has 2 rings (SSSR count). The molecule has 0 spiro atoms. The highest BCUT2D eigenvalue weighted by atomic mass is 16.5. The molecule has 0 fully saturated rings. The molecule has 19 heavy (non-hydrogen) atoms. The molecule has 0 saturated carbocycles. The second-order valence-corrected chi connectivity index (χ2v) is 4.15. The number of hydrogen-bond donors (Lipinski definition) is 2. The van der Waals surface area contributed by atoms with Crippen LogP contribution in [0.1, 0.15) is 15.9 Å². The molecule has 0 unspecified atom stereocenters. The molecule has 2 N–H and O–H groups in total. The molecule has 0 aliphatic heterocycles. The van der Waals surface area contributed by atoms with Crippen LogP contribution >= 0.6 is 0 Å². The van der Waals surface area contributed by atoms with Gasteiger partial charge in [-0.1, -0.05) is 18.2 Å². The molecule has 0 aliphatic carbocycles. The number of amides is 1. The van der Waals surface area contributed by atoms with Gasteiger partial charge in [0.1, 0.15) is 11.5 Å². The number of carbonyl (C=O) groups is 1. The predicted molar refractivity (Wildman–Crippen MR) is 73.8 cm³/mol. The molecule has 0 radical (unpaired) electrons. The summed E-state index contributed by atoms with van der Waals surface area (Å²) in [7, 11) is 1.57. The van der Waals surface area contributed by atoms with Crippen LogP contribution in [-0.4, -0.2) is 18.1 Å². The number of ether oxygens (including phenoxy) is 1. The summed E-state index contributed by atoms with van der Waals surface area (Å²) in [5, 5.41) is 12.4. The summed E-state index contributed by atoms with van der Waals surface area (Å²) < 4.78 is 5.12. The molecule has 1 amide bonds. The number of benzene rings is 2. The van der Waals surface area contributed by atoms with Crippen molar-refractivity contribution < 1.29 is 14.6 Å². The lowest BCUT2D eigenvalue weighted by Crippen LogP contribution is -2.13. The van der Waals surface area contributed by atoms with Crippen molar-refractivity contribution in [2.45, 2.75) is 6.92 Å². The predicted octanol–water partition coefficient (Wildman–Crippen LogP) is 2.96. The third-order valence-electron chi connectivity index (χ3n) is 2.84. The highest BCUT2D eigenvalue weighted by Gasteiger charge is 2.11. The summed E-state index contributed by atoms with van der Waals surface area (Å²) in [5.41, 5.74) is 1.82. The van der Waals surface area contributed by atoms with E-state index in [4.69, 9.17) is 4.74 Å². The van der Waals surface area contributed by atoms with Gasteiger partial charge in [-0.25, -0.2) is 0 Å². The Hall–Kier alpha value is -2.49. The molecule has 4 heteroatoms. The van der Waals surface area contributed by atoms with Gasteiger partial charge in [-0.15, -0.1) is 0 Å². The number of carbonyl (C=O) groups excluding carboxylic acids is 1. The maximum Gasteiger partial charge on any atom is 0.259 e. The number of aryl methyl sites for hydroxylation is 1. The molecule has 0 atom stereocenters. The quantitative estimate of drug-likeness (QED) is 0.888. The van der Waals surface area contributed by atoms with E-state index in [0.717, 1.165) is 5.56 Å². The van der Waals surface area contributed by atoms with Crippen molar-refractivity contribution in [1.29, 1.82) is 0 Å². The first kappa shape index (κ1) is 13.0. The molecule has 0 bridgehead atoms. The van der Waals surface area contributed by atoms with E-state index in [-0.39, 0.29) is 17.2 Å². The van der Waals surface area contributed by atoms with Gasteiger partial charge in [0.25, 0.3) is 5.91 Å². The van der Waals surface area contributed by atoms with E-state index in [2.05, 4.69) is 5.32 Å². The van der Waals surface area contributed by atoms with Crippen LogP contribution in [0.3, 0.4) is 0 Å². The summed E-state index contributed by atoms with van der Waals surface area (Å²) in [6.07, 6.45) is 0. The summed E-state index contributed by atoms with van der Waals surface area (Å²) in [6, 6.07) is 11.8. The van der Waals surface area contributed by atoms with E-state index in [9.17, 15) is 9.90 Å². The van der Waals surface area contributed by atoms with Crippen molar-refractivity contribution in [2.75, 3.05) is 12.4 Å². The Morgan fingerprint density at radius 3 is 2.63 bits per heavy atom. The first-order valence-corrected chi connectivity index (χ1v) is 5.86. The number of phenols is 1. The Morgan fingerprint density at radius 1 is 1.21 bits per heavy atom. The van der Waals surface area contributed by atoms with Crippen molar-refractivity contribution in [3.63, 3.8) is 0 Å². The largest absolute Gasteiger partial charge is 0.507 e. The summed E-state index contributed by atoms with van der Waals surface area (Å²) >= 11 is 0. The topological polar surface area (TPSA) is 58.6 Å². The minimum absolute atomic E-state index is 0.0412. The van der Waals surface area contributed by atoms with Crippen molar-refractivity contribution in [1.82, 2.24) is 0 Å². The van der Waals surface area contributed by atoms with E-state index in [1.54, 1.807) is 31.4 Å². The number of para-hydroxylation sites is 1. The van der Waals surface area contributed by atoms with Crippen LogP contribution in [0.2, 0.25) is 0 Å². The van der Waals surface area contributed by atoms with Gasteiger partial charge < -0.3 is 15.2 Å². The fourth-order valence-corrected chi connectivity index (χ4v) is 1.72. The number of anilines is 1. The maximum atomic E-state index is 12.1. The van der Waals surface area contributed by atoms with Crippen LogP contribution in [0.15, 0.2) is 42.5 Å². The standard InChI is InChI=1S/C15H15NO3/c1-10-7-8-11(19-2)9-13(10)16-15(18)12-5-3-4-6-14(12)17/h3-9,17H,1-2H3,(H,16,18). The zero-order valence-electron chi connectivity index (χ0n) is 10.8. The first-order chi connectivity index (χ1) is 9.11. The highest BCUT2D eigenvalue weighted by molar-refractivity contribution is 6.06. The average molecular weight is 257 g/mol. The van der Waals surface area contributed by atoms with Gasteiger partial charge in [0.15, 0.2) is 0 Å². The SMILES string of the molecule is COc1ccc(C)c(NC(=O)c2ccccc2O)c1. The van der Waals surface area contributed by atoms with Crippen molar-refractivity contribution >= 4 is 11.6 Å². The first-order valence-electron chi connectivity index (χ1n) is 5.86. The summed E-state index contributed by atoms with van der Waals surface area (Å²) in [6.45, 7) is 1.89. The Balaban J connectivity index is 2.26. The lowest BCUT2D eigenvalue weighted by Gasteiger charge is -2.10. The Labute approximate surface area is 111 Å². The average Bonchev–Trinajstić information content (AvgIpc) is 2.41.